The second kappa shape index (κ2) is 6.26. The van der Waals surface area contributed by atoms with Crippen LogP contribution in [0.5, 0.6) is 0 Å². The third-order valence-electron chi connectivity index (χ3n) is 5.27. The Kier molecular flexibility index (Phi) is 4.15. The summed E-state index contributed by atoms with van der Waals surface area (Å²) in [6, 6.07) is 0.00419. The molecule has 1 aliphatic carbocycles. The molecule has 4 rings (SSSR count). The molecular formula is C16H24N4OS. The highest BCUT2D eigenvalue weighted by molar-refractivity contribution is 7.15. The largest absolute Gasteiger partial charge is 0.313 e. The lowest BCUT2D eigenvalue weighted by atomic mass is 9.89. The summed E-state index contributed by atoms with van der Waals surface area (Å²) in [5.74, 6) is 0.899. The van der Waals surface area contributed by atoms with Crippen LogP contribution in [0.4, 0.5) is 5.13 Å². The Labute approximate surface area is 135 Å². The normalized spacial score (nSPS) is 27.9. The van der Waals surface area contributed by atoms with E-state index in [2.05, 4.69) is 15.2 Å². The lowest BCUT2D eigenvalue weighted by Crippen LogP contribution is -2.64. The van der Waals surface area contributed by atoms with Crippen LogP contribution in [-0.4, -0.2) is 54.6 Å². The van der Waals surface area contributed by atoms with Crippen molar-refractivity contribution in [3.8, 4) is 0 Å². The molecule has 120 valence electrons. The molecule has 2 aliphatic heterocycles. The zero-order valence-corrected chi connectivity index (χ0v) is 13.8. The van der Waals surface area contributed by atoms with Gasteiger partial charge in [0, 0.05) is 43.8 Å². The van der Waals surface area contributed by atoms with Crippen molar-refractivity contribution < 1.29 is 4.79 Å². The van der Waals surface area contributed by atoms with Gasteiger partial charge in [-0.25, -0.2) is 4.98 Å². The Morgan fingerprint density at radius 3 is 2.91 bits per heavy atom. The number of hydrogen-bond donors (Lipinski definition) is 1. The number of thiazole rings is 1. The van der Waals surface area contributed by atoms with Crippen molar-refractivity contribution in [1.29, 1.82) is 0 Å². The van der Waals surface area contributed by atoms with Gasteiger partial charge in [-0.05, 0) is 18.8 Å². The maximum Gasteiger partial charge on any atom is 0.247 e. The number of carbonyl (C=O) groups excluding carboxylic acids is 1. The zero-order valence-electron chi connectivity index (χ0n) is 13.0. The maximum absolute atomic E-state index is 12.8. The molecule has 6 heteroatoms. The van der Waals surface area contributed by atoms with Crippen molar-refractivity contribution in [2.24, 2.45) is 0 Å². The highest BCUT2D eigenvalue weighted by Crippen LogP contribution is 2.38. The van der Waals surface area contributed by atoms with E-state index in [1.807, 2.05) is 11.1 Å². The van der Waals surface area contributed by atoms with Gasteiger partial charge in [-0.15, -0.1) is 11.3 Å². The van der Waals surface area contributed by atoms with Crippen molar-refractivity contribution in [2.45, 2.75) is 44.1 Å². The molecule has 3 heterocycles. The average Bonchev–Trinajstić information content (AvgIpc) is 3.06. The monoisotopic (exact) mass is 320 g/mol. The second-order valence-corrected chi connectivity index (χ2v) is 7.67. The number of nitrogens with one attached hydrogen (secondary N) is 1. The molecule has 0 spiro atoms. The Morgan fingerprint density at radius 1 is 1.18 bits per heavy atom. The van der Waals surface area contributed by atoms with Gasteiger partial charge < -0.3 is 5.32 Å². The van der Waals surface area contributed by atoms with E-state index in [0.29, 0.717) is 5.92 Å². The fraction of sp³-hybridized carbons (Fsp3) is 0.750. The topological polar surface area (TPSA) is 48.5 Å². The summed E-state index contributed by atoms with van der Waals surface area (Å²) >= 11 is 1.74. The van der Waals surface area contributed by atoms with Crippen LogP contribution in [0.25, 0.3) is 0 Å². The predicted molar refractivity (Wildman–Crippen MR) is 88.5 cm³/mol. The molecule has 5 nitrogen and oxygen atoms in total. The molecule has 3 aliphatic rings. The van der Waals surface area contributed by atoms with Crippen LogP contribution in [0.1, 0.15) is 42.9 Å². The number of hydrogen-bond acceptors (Lipinski definition) is 5. The predicted octanol–water partition coefficient (Wildman–Crippen LogP) is 1.81. The Hall–Kier alpha value is -0.980. The first kappa shape index (κ1) is 14.6. The molecule has 1 saturated carbocycles. The van der Waals surface area contributed by atoms with Crippen LogP contribution in [0.2, 0.25) is 0 Å². The lowest BCUT2D eigenvalue weighted by Gasteiger charge is -2.42. The van der Waals surface area contributed by atoms with Gasteiger partial charge in [0.2, 0.25) is 5.91 Å². The number of carbonyl (C=O) groups is 1. The van der Waals surface area contributed by atoms with Crippen LogP contribution in [0.15, 0.2) is 6.20 Å². The molecule has 3 fully saturated rings. The molecule has 1 amide bonds. The van der Waals surface area contributed by atoms with E-state index in [9.17, 15) is 4.79 Å². The van der Waals surface area contributed by atoms with Gasteiger partial charge in [0.15, 0.2) is 5.13 Å². The van der Waals surface area contributed by atoms with E-state index in [1.54, 1.807) is 11.3 Å². The van der Waals surface area contributed by atoms with Crippen molar-refractivity contribution in [3.63, 3.8) is 0 Å². The summed E-state index contributed by atoms with van der Waals surface area (Å²) in [6.45, 7) is 4.50. The van der Waals surface area contributed by atoms with Gasteiger partial charge in [-0.3, -0.25) is 14.6 Å². The minimum atomic E-state index is 0.00419. The van der Waals surface area contributed by atoms with Gasteiger partial charge in [-0.2, -0.15) is 0 Å². The van der Waals surface area contributed by atoms with Gasteiger partial charge in [0.1, 0.15) is 6.04 Å². The molecule has 0 unspecified atom stereocenters. The van der Waals surface area contributed by atoms with Crippen LogP contribution < -0.4 is 10.2 Å². The van der Waals surface area contributed by atoms with Gasteiger partial charge in [0.05, 0.1) is 0 Å². The van der Waals surface area contributed by atoms with Crippen LogP contribution in [-0.2, 0) is 4.79 Å². The third kappa shape index (κ3) is 2.68. The van der Waals surface area contributed by atoms with E-state index in [-0.39, 0.29) is 11.9 Å². The van der Waals surface area contributed by atoms with E-state index in [4.69, 9.17) is 0 Å². The minimum Gasteiger partial charge on any atom is -0.313 e. The molecule has 1 aromatic rings. The maximum atomic E-state index is 12.8. The van der Waals surface area contributed by atoms with Gasteiger partial charge >= 0.3 is 0 Å². The molecule has 1 N–H and O–H groups in total. The lowest BCUT2D eigenvalue weighted by molar-refractivity contribution is -0.126. The van der Waals surface area contributed by atoms with Crippen molar-refractivity contribution >= 4 is 22.4 Å². The Bertz CT molecular complexity index is 540. The number of aromatic nitrogens is 1. The quantitative estimate of drug-likeness (QED) is 0.903. The first-order valence-corrected chi connectivity index (χ1v) is 9.36. The van der Waals surface area contributed by atoms with Gasteiger partial charge in [-0.1, -0.05) is 19.3 Å². The summed E-state index contributed by atoms with van der Waals surface area (Å²) in [6.07, 6.45) is 8.64. The average molecular weight is 320 g/mol. The molecule has 2 saturated heterocycles. The summed E-state index contributed by atoms with van der Waals surface area (Å²) in [5.41, 5.74) is 0. The number of amides is 1. The van der Waals surface area contributed by atoms with Crippen molar-refractivity contribution in [1.82, 2.24) is 15.2 Å². The van der Waals surface area contributed by atoms with E-state index < -0.39 is 0 Å². The van der Waals surface area contributed by atoms with E-state index in [0.717, 1.165) is 37.9 Å². The summed E-state index contributed by atoms with van der Waals surface area (Å²) in [5, 5.41) is 4.25. The van der Waals surface area contributed by atoms with Gasteiger partial charge in [0.25, 0.3) is 0 Å². The number of nitrogens with zero attached hydrogens (tertiary/aromatic N) is 3. The molecule has 0 radical (unpaired) electrons. The smallest absolute Gasteiger partial charge is 0.247 e. The molecule has 0 aromatic carbocycles. The van der Waals surface area contributed by atoms with E-state index >= 15 is 0 Å². The van der Waals surface area contributed by atoms with Crippen LogP contribution in [0.3, 0.4) is 0 Å². The summed E-state index contributed by atoms with van der Waals surface area (Å²) < 4.78 is 0. The second-order valence-electron chi connectivity index (χ2n) is 6.63. The zero-order chi connectivity index (χ0) is 14.9. The standard InChI is InChI=1S/C16H24N4OS/c21-15-13-10-17-6-7-19(13)8-9-20(15)16-18-11-14(22-16)12-4-2-1-3-5-12/h11-13,17H,1-10H2/t13-/m1/s1. The summed E-state index contributed by atoms with van der Waals surface area (Å²) in [7, 11) is 0. The molecule has 22 heavy (non-hydrogen) atoms. The van der Waals surface area contributed by atoms with Crippen molar-refractivity contribution in [2.75, 3.05) is 37.6 Å². The fourth-order valence-corrected chi connectivity index (χ4v) is 5.06. The minimum absolute atomic E-state index is 0.00419. The van der Waals surface area contributed by atoms with Crippen LogP contribution >= 0.6 is 11.3 Å². The molecule has 0 bridgehead atoms. The number of rotatable bonds is 2. The van der Waals surface area contributed by atoms with Crippen LogP contribution in [0, 0.1) is 0 Å². The fourth-order valence-electron chi connectivity index (χ4n) is 3.94. The molecular weight excluding hydrogens is 296 g/mol. The highest BCUT2D eigenvalue weighted by Gasteiger charge is 2.37. The highest BCUT2D eigenvalue weighted by atomic mass is 32.1. The first-order valence-electron chi connectivity index (χ1n) is 8.55. The Morgan fingerprint density at radius 2 is 2.05 bits per heavy atom. The third-order valence-corrected chi connectivity index (χ3v) is 6.45. The SMILES string of the molecule is O=C1[C@H]2CNCCN2CCN1c1ncc(C2CCCCC2)s1. The Balaban J connectivity index is 1.49. The molecule has 1 aromatic heterocycles. The van der Waals surface area contributed by atoms with E-state index in [1.165, 1.54) is 37.0 Å². The first-order chi connectivity index (χ1) is 10.8. The molecule has 1 atom stereocenters. The van der Waals surface area contributed by atoms with Crippen molar-refractivity contribution in [3.05, 3.63) is 11.1 Å². The summed E-state index contributed by atoms with van der Waals surface area (Å²) in [4.78, 5) is 23.0. The number of piperazine rings is 2. The number of fused-ring (bicyclic) bond motifs is 1. The number of anilines is 1.